The first-order chi connectivity index (χ1) is 6.10. The molecule has 0 heterocycles. The summed E-state index contributed by atoms with van der Waals surface area (Å²) in [4.78, 5) is 12.9. The number of aldehydes is 1. The van der Waals surface area contributed by atoms with E-state index in [-0.39, 0.29) is 11.1 Å². The Hall–Kier alpha value is -0.370. The molecule has 1 unspecified atom stereocenters. The van der Waals surface area contributed by atoms with E-state index in [9.17, 15) is 4.79 Å². The average molecular weight is 199 g/mol. The van der Waals surface area contributed by atoms with Crippen LogP contribution in [0.3, 0.4) is 0 Å². The van der Waals surface area contributed by atoms with E-state index in [1.165, 1.54) is 0 Å². The predicted molar refractivity (Wildman–Crippen MR) is 61.5 cm³/mol. The van der Waals surface area contributed by atoms with Gasteiger partial charge < -0.3 is 4.79 Å². The standard InChI is InChI=1S/C12H25NO/c1-10(8-9-14)13(11(2,3)4)12(5,6)7/h9-10H,8H2,1-7H3. The van der Waals surface area contributed by atoms with Gasteiger partial charge in [-0.1, -0.05) is 0 Å². The van der Waals surface area contributed by atoms with Gasteiger partial charge in [0.25, 0.3) is 0 Å². The van der Waals surface area contributed by atoms with E-state index < -0.39 is 0 Å². The molecule has 0 amide bonds. The molecule has 0 saturated carbocycles. The summed E-state index contributed by atoms with van der Waals surface area (Å²) in [6, 6.07) is 0.299. The highest BCUT2D eigenvalue weighted by molar-refractivity contribution is 5.50. The minimum Gasteiger partial charge on any atom is -0.303 e. The molecule has 0 saturated heterocycles. The third-order valence-corrected chi connectivity index (χ3v) is 2.32. The number of carbonyl (C=O) groups is 1. The van der Waals surface area contributed by atoms with Crippen molar-refractivity contribution in [1.82, 2.24) is 4.90 Å². The summed E-state index contributed by atoms with van der Waals surface area (Å²) in [6.07, 6.45) is 1.61. The maximum absolute atomic E-state index is 10.5. The van der Waals surface area contributed by atoms with Crippen molar-refractivity contribution < 1.29 is 4.79 Å². The van der Waals surface area contributed by atoms with Gasteiger partial charge in [-0.25, -0.2) is 0 Å². The van der Waals surface area contributed by atoms with E-state index in [1.807, 2.05) is 0 Å². The zero-order chi connectivity index (χ0) is 11.6. The maximum Gasteiger partial charge on any atom is 0.121 e. The summed E-state index contributed by atoms with van der Waals surface area (Å²) in [5.74, 6) is 0. The molecule has 0 aromatic rings. The van der Waals surface area contributed by atoms with E-state index in [0.29, 0.717) is 12.5 Å². The lowest BCUT2D eigenvalue weighted by Crippen LogP contribution is -2.56. The molecule has 2 nitrogen and oxygen atoms in total. The molecular formula is C12H25NO. The number of hydrogen-bond acceptors (Lipinski definition) is 2. The van der Waals surface area contributed by atoms with Gasteiger partial charge in [0, 0.05) is 23.5 Å². The van der Waals surface area contributed by atoms with Gasteiger partial charge in [-0.05, 0) is 48.5 Å². The molecule has 0 aromatic heterocycles. The normalized spacial score (nSPS) is 15.7. The van der Waals surface area contributed by atoms with Crippen LogP contribution in [-0.2, 0) is 4.79 Å². The summed E-state index contributed by atoms with van der Waals surface area (Å²) in [7, 11) is 0. The van der Waals surface area contributed by atoms with Crippen LogP contribution in [0, 0.1) is 0 Å². The van der Waals surface area contributed by atoms with Crippen molar-refractivity contribution in [2.45, 2.75) is 72.0 Å². The first kappa shape index (κ1) is 13.6. The summed E-state index contributed by atoms with van der Waals surface area (Å²) >= 11 is 0. The Morgan fingerprint density at radius 1 is 1.07 bits per heavy atom. The molecule has 1 atom stereocenters. The lowest BCUT2D eigenvalue weighted by atomic mass is 9.92. The van der Waals surface area contributed by atoms with Crippen molar-refractivity contribution in [3.63, 3.8) is 0 Å². The van der Waals surface area contributed by atoms with Crippen LogP contribution in [0.2, 0.25) is 0 Å². The van der Waals surface area contributed by atoms with Crippen LogP contribution in [0.1, 0.15) is 54.9 Å². The quantitative estimate of drug-likeness (QED) is 0.651. The second-order valence-electron chi connectivity index (χ2n) is 5.96. The predicted octanol–water partition coefficient (Wildman–Crippen LogP) is 2.86. The number of hydrogen-bond donors (Lipinski definition) is 0. The highest BCUT2D eigenvalue weighted by Crippen LogP contribution is 2.28. The SMILES string of the molecule is CC(CC=O)N(C(C)(C)C)C(C)(C)C. The Morgan fingerprint density at radius 3 is 1.64 bits per heavy atom. The molecule has 2 heteroatoms. The molecule has 0 fully saturated rings. The van der Waals surface area contributed by atoms with Gasteiger partial charge in [-0.3, -0.25) is 4.90 Å². The van der Waals surface area contributed by atoms with Crippen molar-refractivity contribution in [3.05, 3.63) is 0 Å². The fourth-order valence-electron chi connectivity index (χ4n) is 2.57. The lowest BCUT2D eigenvalue weighted by molar-refractivity contribution is -0.110. The molecule has 0 aliphatic heterocycles. The molecule has 0 N–H and O–H groups in total. The average Bonchev–Trinajstić information content (AvgIpc) is 1.78. The van der Waals surface area contributed by atoms with Gasteiger partial charge >= 0.3 is 0 Å². The van der Waals surface area contributed by atoms with Crippen LogP contribution in [0.4, 0.5) is 0 Å². The fourth-order valence-corrected chi connectivity index (χ4v) is 2.57. The van der Waals surface area contributed by atoms with E-state index >= 15 is 0 Å². The molecule has 0 aliphatic rings. The number of carbonyl (C=O) groups excluding carboxylic acids is 1. The van der Waals surface area contributed by atoms with E-state index in [1.54, 1.807) is 0 Å². The molecule has 14 heavy (non-hydrogen) atoms. The van der Waals surface area contributed by atoms with Crippen molar-refractivity contribution >= 4 is 6.29 Å². The van der Waals surface area contributed by atoms with Crippen LogP contribution >= 0.6 is 0 Å². The molecule has 0 radical (unpaired) electrons. The second kappa shape index (κ2) is 4.43. The van der Waals surface area contributed by atoms with Crippen molar-refractivity contribution in [3.8, 4) is 0 Å². The summed E-state index contributed by atoms with van der Waals surface area (Å²) in [6.45, 7) is 15.3. The van der Waals surface area contributed by atoms with Gasteiger partial charge in [0.05, 0.1) is 0 Å². The molecular weight excluding hydrogens is 174 g/mol. The van der Waals surface area contributed by atoms with Crippen LogP contribution in [0.25, 0.3) is 0 Å². The van der Waals surface area contributed by atoms with E-state index in [4.69, 9.17) is 0 Å². The Balaban J connectivity index is 4.83. The van der Waals surface area contributed by atoms with Gasteiger partial charge in [0.15, 0.2) is 0 Å². The largest absolute Gasteiger partial charge is 0.303 e. The first-order valence-corrected chi connectivity index (χ1v) is 5.33. The zero-order valence-electron chi connectivity index (χ0n) is 10.7. The number of rotatable bonds is 3. The molecule has 0 bridgehead atoms. The van der Waals surface area contributed by atoms with Crippen molar-refractivity contribution in [2.24, 2.45) is 0 Å². The topological polar surface area (TPSA) is 20.3 Å². The van der Waals surface area contributed by atoms with Gasteiger partial charge in [0.1, 0.15) is 6.29 Å². The highest BCUT2D eigenvalue weighted by atomic mass is 16.1. The number of nitrogens with zero attached hydrogens (tertiary/aromatic N) is 1. The molecule has 0 rings (SSSR count). The maximum atomic E-state index is 10.5. The van der Waals surface area contributed by atoms with Crippen LogP contribution in [0.5, 0.6) is 0 Å². The van der Waals surface area contributed by atoms with Gasteiger partial charge in [-0.15, -0.1) is 0 Å². The van der Waals surface area contributed by atoms with Crippen LogP contribution in [0.15, 0.2) is 0 Å². The Bertz CT molecular complexity index is 171. The van der Waals surface area contributed by atoms with E-state index in [0.717, 1.165) is 6.29 Å². The first-order valence-electron chi connectivity index (χ1n) is 5.33. The van der Waals surface area contributed by atoms with Gasteiger partial charge in [-0.2, -0.15) is 0 Å². The smallest absolute Gasteiger partial charge is 0.121 e. The lowest BCUT2D eigenvalue weighted by Gasteiger charge is -2.48. The van der Waals surface area contributed by atoms with Crippen LogP contribution in [-0.4, -0.2) is 28.3 Å². The third kappa shape index (κ3) is 3.79. The minimum absolute atomic E-state index is 0.0979. The zero-order valence-corrected chi connectivity index (χ0v) is 10.7. The Kier molecular flexibility index (Phi) is 4.32. The molecule has 0 aromatic carbocycles. The third-order valence-electron chi connectivity index (χ3n) is 2.32. The molecule has 0 spiro atoms. The Morgan fingerprint density at radius 2 is 1.43 bits per heavy atom. The fraction of sp³-hybridized carbons (Fsp3) is 0.917. The van der Waals surface area contributed by atoms with Crippen molar-refractivity contribution in [2.75, 3.05) is 0 Å². The van der Waals surface area contributed by atoms with Gasteiger partial charge in [0.2, 0.25) is 0 Å². The van der Waals surface area contributed by atoms with Crippen molar-refractivity contribution in [1.29, 1.82) is 0 Å². The highest BCUT2D eigenvalue weighted by Gasteiger charge is 2.34. The Labute approximate surface area is 88.7 Å². The van der Waals surface area contributed by atoms with Crippen LogP contribution < -0.4 is 0 Å². The summed E-state index contributed by atoms with van der Waals surface area (Å²) < 4.78 is 0. The molecule has 0 aliphatic carbocycles. The summed E-state index contributed by atoms with van der Waals surface area (Å²) in [5.41, 5.74) is 0.196. The van der Waals surface area contributed by atoms with E-state index in [2.05, 4.69) is 53.4 Å². The molecule has 84 valence electrons. The minimum atomic E-state index is 0.0979. The monoisotopic (exact) mass is 199 g/mol. The summed E-state index contributed by atoms with van der Waals surface area (Å²) in [5, 5.41) is 0. The second-order valence-corrected chi connectivity index (χ2v) is 5.96.